The fourth-order valence-electron chi connectivity index (χ4n) is 12.2. The maximum absolute atomic E-state index is 13.1. The summed E-state index contributed by atoms with van der Waals surface area (Å²) in [5.41, 5.74) is 0. The topological polar surface area (TPSA) is 237 Å². The summed E-state index contributed by atoms with van der Waals surface area (Å²) in [5, 5.41) is 10.6. The highest BCUT2D eigenvalue weighted by Gasteiger charge is 2.30. The molecule has 0 aliphatic carbocycles. The Morgan fingerprint density at radius 2 is 0.485 bits per heavy atom. The minimum atomic E-state index is -4.96. The normalized spacial score (nSPS) is 14.3. The van der Waals surface area contributed by atoms with E-state index in [0.29, 0.717) is 25.7 Å². The monoisotopic (exact) mass is 1450 g/mol. The molecule has 0 rings (SSSR count). The van der Waals surface area contributed by atoms with Gasteiger partial charge in [-0.15, -0.1) is 0 Å². The second-order valence-electron chi connectivity index (χ2n) is 30.5. The summed E-state index contributed by atoms with van der Waals surface area (Å²) in [6.07, 6.45) is 55.5. The van der Waals surface area contributed by atoms with Crippen LogP contribution in [0.15, 0.2) is 0 Å². The molecule has 0 saturated heterocycles. The third-order valence-electron chi connectivity index (χ3n) is 18.9. The molecular formula is C80H156O17P2. The third-order valence-corrected chi connectivity index (χ3v) is 20.8. The van der Waals surface area contributed by atoms with Gasteiger partial charge in [-0.05, 0) is 49.4 Å². The number of aliphatic hydroxyl groups excluding tert-OH is 1. The predicted octanol–water partition coefficient (Wildman–Crippen LogP) is 23.6. The molecule has 0 aliphatic heterocycles. The summed E-state index contributed by atoms with van der Waals surface area (Å²) in [6, 6.07) is 0. The van der Waals surface area contributed by atoms with Gasteiger partial charge in [0.05, 0.1) is 26.4 Å². The molecule has 0 spiro atoms. The van der Waals surface area contributed by atoms with Gasteiger partial charge < -0.3 is 33.8 Å². The first-order chi connectivity index (χ1) is 47.6. The Morgan fingerprint density at radius 3 is 0.717 bits per heavy atom. The van der Waals surface area contributed by atoms with Crippen molar-refractivity contribution < 1.29 is 80.2 Å². The Balaban J connectivity index is 5.23. The van der Waals surface area contributed by atoms with Crippen molar-refractivity contribution in [3.8, 4) is 0 Å². The van der Waals surface area contributed by atoms with Crippen molar-refractivity contribution >= 4 is 39.5 Å². The average molecular weight is 1450 g/mol. The lowest BCUT2D eigenvalue weighted by molar-refractivity contribution is -0.161. The van der Waals surface area contributed by atoms with Crippen LogP contribution in [0.2, 0.25) is 0 Å². The number of hydrogen-bond acceptors (Lipinski definition) is 15. The Labute approximate surface area is 607 Å². The lowest BCUT2D eigenvalue weighted by Gasteiger charge is -2.21. The molecule has 0 fully saturated rings. The number of phosphoric acid groups is 2. The van der Waals surface area contributed by atoms with E-state index < -0.39 is 97.5 Å². The summed E-state index contributed by atoms with van der Waals surface area (Å²) in [7, 11) is -9.92. The number of phosphoric ester groups is 2. The molecule has 0 heterocycles. The van der Waals surface area contributed by atoms with Gasteiger partial charge >= 0.3 is 39.5 Å². The first-order valence-electron chi connectivity index (χ1n) is 41.2. The van der Waals surface area contributed by atoms with Crippen LogP contribution in [0.4, 0.5) is 0 Å². The molecule has 0 aliphatic rings. The van der Waals surface area contributed by atoms with Crippen LogP contribution in [-0.2, 0) is 65.4 Å². The van der Waals surface area contributed by atoms with E-state index in [0.717, 1.165) is 120 Å². The fourth-order valence-corrected chi connectivity index (χ4v) is 13.8. The number of carbonyl (C=O) groups is 4. The van der Waals surface area contributed by atoms with Crippen LogP contribution in [0.5, 0.6) is 0 Å². The van der Waals surface area contributed by atoms with Gasteiger partial charge in [0, 0.05) is 25.7 Å². The Hall–Kier alpha value is -1.94. The highest BCUT2D eigenvalue weighted by atomic mass is 31.2. The first-order valence-corrected chi connectivity index (χ1v) is 44.2. The Morgan fingerprint density at radius 1 is 0.283 bits per heavy atom. The zero-order valence-corrected chi connectivity index (χ0v) is 66.9. The van der Waals surface area contributed by atoms with Crippen molar-refractivity contribution in [3.05, 3.63) is 0 Å². The van der Waals surface area contributed by atoms with Crippen LogP contribution >= 0.6 is 15.6 Å². The number of aliphatic hydroxyl groups is 1. The van der Waals surface area contributed by atoms with Crippen LogP contribution in [0.3, 0.4) is 0 Å². The van der Waals surface area contributed by atoms with Crippen molar-refractivity contribution in [2.24, 2.45) is 23.7 Å². The molecule has 0 aromatic rings. The maximum atomic E-state index is 13.1. The molecule has 3 unspecified atom stereocenters. The van der Waals surface area contributed by atoms with E-state index in [9.17, 15) is 43.2 Å². The Bertz CT molecular complexity index is 1940. The highest BCUT2D eigenvalue weighted by molar-refractivity contribution is 7.47. The lowest BCUT2D eigenvalue weighted by atomic mass is 10.00. The van der Waals surface area contributed by atoms with Crippen molar-refractivity contribution in [3.63, 3.8) is 0 Å². The van der Waals surface area contributed by atoms with E-state index in [1.807, 2.05) is 0 Å². The molecule has 588 valence electrons. The summed E-state index contributed by atoms with van der Waals surface area (Å²) in [5.74, 6) is 0.982. The fraction of sp³-hybridized carbons (Fsp3) is 0.950. The minimum Gasteiger partial charge on any atom is -0.462 e. The van der Waals surface area contributed by atoms with E-state index >= 15 is 0 Å². The number of unbranched alkanes of at least 4 members (excludes halogenated alkanes) is 42. The van der Waals surface area contributed by atoms with Crippen molar-refractivity contribution in [1.29, 1.82) is 0 Å². The standard InChI is InChI=1S/C80H156O17P2/c1-9-73(8)59-51-43-38-39-45-53-61-78(83)91-67-76(97-79(84)62-54-46-36-30-24-18-14-13-16-21-27-33-41-49-57-71(4)5)69-95-99(88,89)93-65-74(81)64-92-98(86,87)94-68-75(96-80(85)63-55-47-37-31-25-19-22-28-34-42-50-58-72(6)7)66-90-77(82)60-52-44-35-29-23-17-12-10-11-15-20-26-32-40-48-56-70(2)3/h70-76,81H,9-69H2,1-8H3,(H,86,87)(H,88,89)/t73?,74-,75-,76-/m1/s1. The SMILES string of the molecule is CCC(C)CCCCCCCCC(=O)OC[C@H](COP(=O)(O)OC[C@H](O)COP(=O)(O)OC[C@@H](COC(=O)CCCCCCCCCCCCCCCCCC(C)C)OC(=O)CCCCCCCCCCCCCC(C)C)OC(=O)CCCCCCCCCCCCCCCCC(C)C. The van der Waals surface area contributed by atoms with Gasteiger partial charge in [-0.2, -0.15) is 0 Å². The molecule has 0 aromatic heterocycles. The number of esters is 4. The van der Waals surface area contributed by atoms with Crippen molar-refractivity contribution in [2.75, 3.05) is 39.6 Å². The van der Waals surface area contributed by atoms with Gasteiger partial charge in [-0.1, -0.05) is 357 Å². The predicted molar refractivity (Wildman–Crippen MR) is 404 cm³/mol. The molecule has 19 heteroatoms. The van der Waals surface area contributed by atoms with E-state index in [1.165, 1.54) is 205 Å². The van der Waals surface area contributed by atoms with Gasteiger partial charge in [0.1, 0.15) is 19.3 Å². The summed E-state index contributed by atoms with van der Waals surface area (Å²) in [6.45, 7) is 14.2. The van der Waals surface area contributed by atoms with Crippen LogP contribution in [0.1, 0.15) is 409 Å². The number of rotatable bonds is 77. The van der Waals surface area contributed by atoms with Crippen LogP contribution in [0.25, 0.3) is 0 Å². The van der Waals surface area contributed by atoms with Crippen LogP contribution in [-0.4, -0.2) is 96.7 Å². The zero-order valence-electron chi connectivity index (χ0n) is 65.1. The van der Waals surface area contributed by atoms with E-state index in [-0.39, 0.29) is 25.7 Å². The third kappa shape index (κ3) is 72.8. The van der Waals surface area contributed by atoms with Gasteiger partial charge in [-0.3, -0.25) is 37.3 Å². The molecular weight excluding hydrogens is 1290 g/mol. The Kier molecular flexibility index (Phi) is 67.8. The van der Waals surface area contributed by atoms with Crippen LogP contribution < -0.4 is 0 Å². The second-order valence-corrected chi connectivity index (χ2v) is 33.4. The number of carbonyl (C=O) groups excluding carboxylic acids is 4. The molecule has 99 heavy (non-hydrogen) atoms. The van der Waals surface area contributed by atoms with Gasteiger partial charge in [0.25, 0.3) is 0 Å². The molecule has 0 radical (unpaired) electrons. The molecule has 3 N–H and O–H groups in total. The first kappa shape index (κ1) is 97.1. The molecule has 0 bridgehead atoms. The van der Waals surface area contributed by atoms with E-state index in [2.05, 4.69) is 55.4 Å². The lowest BCUT2D eigenvalue weighted by Crippen LogP contribution is -2.30. The molecule has 17 nitrogen and oxygen atoms in total. The summed E-state index contributed by atoms with van der Waals surface area (Å²) in [4.78, 5) is 73.0. The largest absolute Gasteiger partial charge is 0.472 e. The highest BCUT2D eigenvalue weighted by Crippen LogP contribution is 2.45. The molecule has 0 aromatic carbocycles. The molecule has 0 amide bonds. The van der Waals surface area contributed by atoms with Gasteiger partial charge in [-0.25, -0.2) is 9.13 Å². The van der Waals surface area contributed by atoms with E-state index in [1.54, 1.807) is 0 Å². The summed E-state index contributed by atoms with van der Waals surface area (Å²) < 4.78 is 68.7. The quantitative estimate of drug-likeness (QED) is 0.0222. The van der Waals surface area contributed by atoms with E-state index in [4.69, 9.17) is 37.0 Å². The average Bonchev–Trinajstić information content (AvgIpc) is 1.06. The number of ether oxygens (including phenoxy) is 4. The van der Waals surface area contributed by atoms with Gasteiger partial charge in [0.2, 0.25) is 0 Å². The number of hydrogen-bond donors (Lipinski definition) is 3. The summed E-state index contributed by atoms with van der Waals surface area (Å²) >= 11 is 0. The second kappa shape index (κ2) is 69.1. The van der Waals surface area contributed by atoms with Crippen molar-refractivity contribution in [2.45, 2.75) is 427 Å². The smallest absolute Gasteiger partial charge is 0.462 e. The maximum Gasteiger partial charge on any atom is 0.472 e. The molecule has 6 atom stereocenters. The van der Waals surface area contributed by atoms with Crippen LogP contribution in [0, 0.1) is 23.7 Å². The molecule has 0 saturated carbocycles. The van der Waals surface area contributed by atoms with Gasteiger partial charge in [0.15, 0.2) is 12.2 Å². The zero-order chi connectivity index (χ0) is 73.1. The minimum absolute atomic E-state index is 0.106. The van der Waals surface area contributed by atoms with Crippen molar-refractivity contribution in [1.82, 2.24) is 0 Å².